The summed E-state index contributed by atoms with van der Waals surface area (Å²) in [5.74, 6) is 0. The van der Waals surface area contributed by atoms with Crippen LogP contribution >= 0.6 is 0 Å². The van der Waals surface area contributed by atoms with E-state index >= 15 is 0 Å². The lowest BCUT2D eigenvalue weighted by Gasteiger charge is -2.09. The van der Waals surface area contributed by atoms with Gasteiger partial charge in [0.05, 0.1) is 4.90 Å². The molecule has 0 fully saturated rings. The van der Waals surface area contributed by atoms with E-state index in [9.17, 15) is 9.12 Å². The second-order valence-corrected chi connectivity index (χ2v) is 5.46. The molecule has 0 amide bonds. The predicted molar refractivity (Wildman–Crippen MR) is 77.8 cm³/mol. The summed E-state index contributed by atoms with van der Waals surface area (Å²) >= 11 is 0. The van der Waals surface area contributed by atoms with Gasteiger partial charge in [0.2, 0.25) is 0 Å². The third-order valence-corrected chi connectivity index (χ3v) is 3.97. The van der Waals surface area contributed by atoms with Crippen molar-refractivity contribution in [3.63, 3.8) is 0 Å². The lowest BCUT2D eigenvalue weighted by atomic mass is 10.2. The minimum atomic E-state index is -1.36. The highest BCUT2D eigenvalue weighted by atomic mass is 32.2. The van der Waals surface area contributed by atoms with Gasteiger partial charge in [-0.05, 0) is 54.4 Å². The maximum Gasteiger partial charge on any atom is 0.150 e. The second kappa shape index (κ2) is 5.75. The van der Waals surface area contributed by atoms with Crippen molar-refractivity contribution in [1.29, 1.82) is 0 Å². The quantitative estimate of drug-likeness (QED) is 0.861. The fourth-order valence-electron chi connectivity index (χ4n) is 1.70. The Morgan fingerprint density at radius 3 is 2.63 bits per heavy atom. The Morgan fingerprint density at radius 2 is 1.89 bits per heavy atom. The molecule has 0 radical (unpaired) electrons. The minimum Gasteiger partial charge on any atom is -0.301 e. The van der Waals surface area contributed by atoms with Gasteiger partial charge in [-0.2, -0.15) is 0 Å². The van der Waals surface area contributed by atoms with Gasteiger partial charge in [-0.3, -0.25) is 0 Å². The van der Waals surface area contributed by atoms with Crippen LogP contribution in [0.2, 0.25) is 0 Å². The molecule has 0 saturated carbocycles. The maximum atomic E-state index is 12.3. The van der Waals surface area contributed by atoms with Gasteiger partial charge < -0.3 is 4.72 Å². The zero-order chi connectivity index (χ0) is 13.8. The van der Waals surface area contributed by atoms with Crippen molar-refractivity contribution in [3.05, 3.63) is 58.5 Å². The van der Waals surface area contributed by atoms with Crippen molar-refractivity contribution < 1.29 is 4.21 Å². The molecule has 5 heteroatoms. The summed E-state index contributed by atoms with van der Waals surface area (Å²) in [7, 11) is -1.36. The van der Waals surface area contributed by atoms with Crippen molar-refractivity contribution in [2.24, 2.45) is 5.18 Å². The molecule has 19 heavy (non-hydrogen) atoms. The van der Waals surface area contributed by atoms with Crippen molar-refractivity contribution in [2.45, 2.75) is 18.7 Å². The Bertz CT molecular complexity index is 641. The van der Waals surface area contributed by atoms with E-state index in [2.05, 4.69) is 9.90 Å². The molecule has 0 spiro atoms. The first-order chi connectivity index (χ1) is 9.10. The standard InChI is InChI=1S/C14H14N2O2S/c1-10-6-7-11(2)14(8-10)19(18)16-13-5-3-4-12(9-13)15-17/h3-9,16H,1-2H3. The number of anilines is 1. The normalized spacial score (nSPS) is 11.9. The van der Waals surface area contributed by atoms with Gasteiger partial charge in [0.25, 0.3) is 0 Å². The molecule has 1 atom stereocenters. The van der Waals surface area contributed by atoms with E-state index in [-0.39, 0.29) is 0 Å². The fourth-order valence-corrected chi connectivity index (χ4v) is 2.80. The smallest absolute Gasteiger partial charge is 0.150 e. The Hall–Kier alpha value is -2.01. The third kappa shape index (κ3) is 3.26. The van der Waals surface area contributed by atoms with Crippen molar-refractivity contribution in [2.75, 3.05) is 4.72 Å². The van der Waals surface area contributed by atoms with Gasteiger partial charge >= 0.3 is 0 Å². The summed E-state index contributed by atoms with van der Waals surface area (Å²) in [6.45, 7) is 3.87. The fraction of sp³-hybridized carbons (Fsp3) is 0.143. The highest BCUT2D eigenvalue weighted by Crippen LogP contribution is 2.21. The SMILES string of the molecule is Cc1ccc(C)c(S(=O)Nc2cccc(N=O)c2)c1. The molecule has 0 aliphatic carbocycles. The third-order valence-electron chi connectivity index (χ3n) is 2.71. The number of hydrogen-bond donors (Lipinski definition) is 1. The number of nitrogens with zero attached hydrogens (tertiary/aromatic N) is 1. The van der Waals surface area contributed by atoms with Crippen LogP contribution in [0.3, 0.4) is 0 Å². The van der Waals surface area contributed by atoms with Gasteiger partial charge in [-0.1, -0.05) is 18.2 Å². The predicted octanol–water partition coefficient (Wildman–Crippen LogP) is 3.84. The van der Waals surface area contributed by atoms with Gasteiger partial charge in [-0.15, -0.1) is 4.91 Å². The highest BCUT2D eigenvalue weighted by Gasteiger charge is 2.08. The molecule has 2 rings (SSSR count). The number of nitroso groups, excluding NO2 is 1. The van der Waals surface area contributed by atoms with E-state index in [4.69, 9.17) is 0 Å². The number of benzene rings is 2. The summed E-state index contributed by atoms with van der Waals surface area (Å²) in [5, 5.41) is 2.85. The van der Waals surface area contributed by atoms with E-state index < -0.39 is 11.0 Å². The largest absolute Gasteiger partial charge is 0.301 e. The van der Waals surface area contributed by atoms with E-state index in [1.165, 1.54) is 0 Å². The van der Waals surface area contributed by atoms with Crippen molar-refractivity contribution in [3.8, 4) is 0 Å². The first-order valence-electron chi connectivity index (χ1n) is 5.79. The van der Waals surface area contributed by atoms with Crippen molar-refractivity contribution >= 4 is 22.4 Å². The Kier molecular flexibility index (Phi) is 4.06. The van der Waals surface area contributed by atoms with Crippen LogP contribution in [0.1, 0.15) is 11.1 Å². The molecule has 0 bridgehead atoms. The number of nitrogens with one attached hydrogen (secondary N) is 1. The molecular weight excluding hydrogens is 260 g/mol. The molecule has 1 unspecified atom stereocenters. The monoisotopic (exact) mass is 274 g/mol. The number of aryl methyl sites for hydroxylation is 2. The number of rotatable bonds is 4. The Balaban J connectivity index is 2.25. The summed E-state index contributed by atoms with van der Waals surface area (Å²) in [5.41, 5.74) is 2.93. The van der Waals surface area contributed by atoms with E-state index in [0.717, 1.165) is 16.0 Å². The van der Waals surface area contributed by atoms with E-state index in [1.807, 2.05) is 32.0 Å². The second-order valence-electron chi connectivity index (χ2n) is 4.28. The summed E-state index contributed by atoms with van der Waals surface area (Å²) in [6.07, 6.45) is 0. The lowest BCUT2D eigenvalue weighted by Crippen LogP contribution is -2.06. The van der Waals surface area contributed by atoms with Crippen LogP contribution in [0, 0.1) is 18.8 Å². The minimum absolute atomic E-state index is 0.308. The highest BCUT2D eigenvalue weighted by molar-refractivity contribution is 7.86. The van der Waals surface area contributed by atoms with Crippen LogP contribution in [-0.2, 0) is 11.0 Å². The van der Waals surface area contributed by atoms with Crippen LogP contribution in [0.5, 0.6) is 0 Å². The molecular formula is C14H14N2O2S. The molecule has 2 aromatic rings. The van der Waals surface area contributed by atoms with Gasteiger partial charge in [-0.25, -0.2) is 4.21 Å². The Labute approximate surface area is 114 Å². The molecule has 0 heterocycles. The molecule has 1 N–H and O–H groups in total. The Morgan fingerprint density at radius 1 is 1.11 bits per heavy atom. The number of hydrogen-bond acceptors (Lipinski definition) is 3. The topological polar surface area (TPSA) is 58.5 Å². The molecule has 0 saturated heterocycles. The first-order valence-corrected chi connectivity index (χ1v) is 6.94. The van der Waals surface area contributed by atoms with Gasteiger partial charge in [0, 0.05) is 5.69 Å². The summed E-state index contributed by atoms with van der Waals surface area (Å²) in [4.78, 5) is 11.2. The van der Waals surface area contributed by atoms with E-state index in [0.29, 0.717) is 11.4 Å². The molecule has 98 valence electrons. The summed E-state index contributed by atoms with van der Waals surface area (Å²) in [6, 6.07) is 12.4. The lowest BCUT2D eigenvalue weighted by molar-refractivity contribution is 0.686. The van der Waals surface area contributed by atoms with Crippen LogP contribution < -0.4 is 4.72 Å². The molecule has 2 aromatic carbocycles. The average molecular weight is 274 g/mol. The van der Waals surface area contributed by atoms with Gasteiger partial charge in [0.15, 0.2) is 11.0 Å². The van der Waals surface area contributed by atoms with Crippen LogP contribution in [0.25, 0.3) is 0 Å². The molecule has 4 nitrogen and oxygen atoms in total. The average Bonchev–Trinajstić information content (AvgIpc) is 2.41. The maximum absolute atomic E-state index is 12.3. The molecule has 0 aliphatic rings. The zero-order valence-electron chi connectivity index (χ0n) is 10.7. The zero-order valence-corrected chi connectivity index (χ0v) is 11.5. The summed E-state index contributed by atoms with van der Waals surface area (Å²) < 4.78 is 15.2. The van der Waals surface area contributed by atoms with E-state index in [1.54, 1.807) is 24.3 Å². The van der Waals surface area contributed by atoms with Crippen LogP contribution in [-0.4, -0.2) is 4.21 Å². The molecule has 0 aliphatic heterocycles. The van der Waals surface area contributed by atoms with Crippen LogP contribution in [0.15, 0.2) is 52.5 Å². The van der Waals surface area contributed by atoms with Crippen LogP contribution in [0.4, 0.5) is 11.4 Å². The van der Waals surface area contributed by atoms with Gasteiger partial charge in [0.1, 0.15) is 5.69 Å². The van der Waals surface area contributed by atoms with Crippen molar-refractivity contribution in [1.82, 2.24) is 0 Å². The first kappa shape index (κ1) is 13.4. The molecule has 0 aromatic heterocycles.